The molecule has 0 radical (unpaired) electrons. The summed E-state index contributed by atoms with van der Waals surface area (Å²) in [5.41, 5.74) is 3.45. The van der Waals surface area contributed by atoms with E-state index < -0.39 is 0 Å². The molecule has 0 saturated carbocycles. The molecule has 1 aliphatic rings. The predicted octanol–water partition coefficient (Wildman–Crippen LogP) is 4.63. The minimum atomic E-state index is -0.128. The van der Waals surface area contributed by atoms with Gasteiger partial charge in [-0.15, -0.1) is 0 Å². The molecule has 4 rings (SSSR count). The lowest BCUT2D eigenvalue weighted by Gasteiger charge is -2.27. The topological polar surface area (TPSA) is 67.3 Å². The average molecular weight is 417 g/mol. The summed E-state index contributed by atoms with van der Waals surface area (Å²) in [6, 6.07) is 17.2. The van der Waals surface area contributed by atoms with Crippen LogP contribution in [0.25, 0.3) is 11.3 Å². The second kappa shape index (κ2) is 9.60. The molecule has 3 aromatic rings. The van der Waals surface area contributed by atoms with Gasteiger partial charge in [0.05, 0.1) is 18.8 Å². The van der Waals surface area contributed by atoms with Crippen LogP contribution in [0.1, 0.15) is 48.1 Å². The number of ether oxygens (including phenoxy) is 1. The predicted molar refractivity (Wildman–Crippen MR) is 122 cm³/mol. The summed E-state index contributed by atoms with van der Waals surface area (Å²) >= 11 is 0. The van der Waals surface area contributed by atoms with Gasteiger partial charge in [-0.1, -0.05) is 24.3 Å². The van der Waals surface area contributed by atoms with Crippen LogP contribution >= 0.6 is 0 Å². The molecule has 1 aromatic heterocycles. The molecule has 160 valence electrons. The van der Waals surface area contributed by atoms with E-state index >= 15 is 0 Å². The fourth-order valence-corrected chi connectivity index (χ4v) is 3.87. The molecular weight excluding hydrogens is 388 g/mol. The number of hydrogen-bond donors (Lipinski definition) is 1. The normalized spacial score (nSPS) is 14.7. The lowest BCUT2D eigenvalue weighted by atomic mass is 10.1. The van der Waals surface area contributed by atoms with E-state index in [9.17, 15) is 4.79 Å². The van der Waals surface area contributed by atoms with E-state index in [0.717, 1.165) is 41.5 Å². The van der Waals surface area contributed by atoms with Crippen molar-refractivity contribution in [1.82, 2.24) is 15.3 Å². The molecule has 6 nitrogen and oxygen atoms in total. The van der Waals surface area contributed by atoms with Crippen LogP contribution in [0.5, 0.6) is 5.75 Å². The van der Waals surface area contributed by atoms with Crippen molar-refractivity contribution in [2.75, 3.05) is 25.1 Å². The fraction of sp³-hybridized carbons (Fsp3) is 0.320. The molecule has 0 aliphatic carbocycles. The molecule has 2 aromatic carbocycles. The van der Waals surface area contributed by atoms with Crippen LogP contribution in [0, 0.1) is 0 Å². The summed E-state index contributed by atoms with van der Waals surface area (Å²) in [5, 5.41) is 3.05. The summed E-state index contributed by atoms with van der Waals surface area (Å²) in [4.78, 5) is 23.9. The number of carbonyl (C=O) groups excluding carboxylic acids is 1. The molecule has 1 aliphatic heterocycles. The summed E-state index contributed by atoms with van der Waals surface area (Å²) in [6.45, 7) is 4.05. The van der Waals surface area contributed by atoms with Crippen LogP contribution in [0.2, 0.25) is 0 Å². The zero-order valence-corrected chi connectivity index (χ0v) is 18.0. The Balaban J connectivity index is 1.44. The summed E-state index contributed by atoms with van der Waals surface area (Å²) in [7, 11) is 1.64. The van der Waals surface area contributed by atoms with Crippen LogP contribution in [0.4, 0.5) is 5.82 Å². The van der Waals surface area contributed by atoms with Crippen molar-refractivity contribution in [3.05, 3.63) is 72.1 Å². The van der Waals surface area contributed by atoms with Crippen molar-refractivity contribution in [3.63, 3.8) is 0 Å². The highest BCUT2D eigenvalue weighted by Gasteiger charge is 2.15. The van der Waals surface area contributed by atoms with Gasteiger partial charge in [0, 0.05) is 30.3 Å². The number of hydrogen-bond acceptors (Lipinski definition) is 5. The molecule has 31 heavy (non-hydrogen) atoms. The Morgan fingerprint density at radius 1 is 1.03 bits per heavy atom. The van der Waals surface area contributed by atoms with E-state index in [1.165, 1.54) is 19.3 Å². The first-order valence-corrected chi connectivity index (χ1v) is 10.8. The maximum absolute atomic E-state index is 12.7. The first-order valence-electron chi connectivity index (χ1n) is 10.8. The monoisotopic (exact) mass is 416 g/mol. The Labute approximate surface area is 183 Å². The highest BCUT2D eigenvalue weighted by Crippen LogP contribution is 2.24. The number of aromatic nitrogens is 2. The number of amides is 1. The fourth-order valence-electron chi connectivity index (χ4n) is 3.87. The lowest BCUT2D eigenvalue weighted by Crippen LogP contribution is -2.30. The molecule has 1 saturated heterocycles. The Morgan fingerprint density at radius 3 is 2.55 bits per heavy atom. The van der Waals surface area contributed by atoms with Crippen LogP contribution in [-0.2, 0) is 0 Å². The molecule has 1 fully saturated rings. The Morgan fingerprint density at radius 2 is 1.81 bits per heavy atom. The van der Waals surface area contributed by atoms with Crippen LogP contribution in [-0.4, -0.2) is 36.1 Å². The van der Waals surface area contributed by atoms with Crippen molar-refractivity contribution in [1.29, 1.82) is 0 Å². The van der Waals surface area contributed by atoms with E-state index in [0.29, 0.717) is 5.56 Å². The van der Waals surface area contributed by atoms with E-state index in [1.807, 2.05) is 61.5 Å². The lowest BCUT2D eigenvalue weighted by molar-refractivity contribution is 0.0940. The van der Waals surface area contributed by atoms with Crippen LogP contribution < -0.4 is 15.0 Å². The van der Waals surface area contributed by atoms with Gasteiger partial charge in [-0.05, 0) is 56.0 Å². The van der Waals surface area contributed by atoms with Crippen molar-refractivity contribution < 1.29 is 9.53 Å². The molecule has 1 N–H and O–H groups in total. The molecule has 0 spiro atoms. The standard InChI is InChI=1S/C25H28N4O2/c1-18(21-7-6-8-22(15-21)31-2)28-25(30)20-11-9-19(10-12-20)23-16-24(27-17-26-23)29-13-4-3-5-14-29/h6-12,15-18H,3-5,13-14H2,1-2H3,(H,28,30). The van der Waals surface area contributed by atoms with Crippen LogP contribution in [0.15, 0.2) is 60.9 Å². The number of nitrogens with zero attached hydrogens (tertiary/aromatic N) is 3. The Bertz CT molecular complexity index is 1030. The number of methoxy groups -OCH3 is 1. The molecule has 2 heterocycles. The quantitative estimate of drug-likeness (QED) is 0.634. The third kappa shape index (κ3) is 5.02. The smallest absolute Gasteiger partial charge is 0.251 e. The van der Waals surface area contributed by atoms with E-state index in [-0.39, 0.29) is 11.9 Å². The number of benzene rings is 2. The molecule has 6 heteroatoms. The SMILES string of the molecule is COc1cccc(C(C)NC(=O)c2ccc(-c3cc(N4CCCCC4)ncn3)cc2)c1. The highest BCUT2D eigenvalue weighted by molar-refractivity contribution is 5.94. The number of nitrogens with one attached hydrogen (secondary N) is 1. The molecular formula is C25H28N4O2. The van der Waals surface area contributed by atoms with Gasteiger partial charge in [-0.3, -0.25) is 4.79 Å². The summed E-state index contributed by atoms with van der Waals surface area (Å²) < 4.78 is 5.27. The second-order valence-corrected chi connectivity index (χ2v) is 7.86. The third-order valence-electron chi connectivity index (χ3n) is 5.72. The maximum atomic E-state index is 12.7. The first kappa shape index (κ1) is 20.8. The summed E-state index contributed by atoms with van der Waals surface area (Å²) in [6.07, 6.45) is 5.32. The molecule has 1 amide bonds. The second-order valence-electron chi connectivity index (χ2n) is 7.86. The van der Waals surface area contributed by atoms with Gasteiger partial charge in [0.15, 0.2) is 0 Å². The molecule has 0 bridgehead atoms. The third-order valence-corrected chi connectivity index (χ3v) is 5.72. The molecule has 1 atom stereocenters. The number of carbonyl (C=O) groups is 1. The van der Waals surface area contributed by atoms with Crippen molar-refractivity contribution >= 4 is 11.7 Å². The Hall–Kier alpha value is -3.41. The average Bonchev–Trinajstić information content (AvgIpc) is 2.84. The van der Waals surface area contributed by atoms with Gasteiger partial charge in [0.25, 0.3) is 5.91 Å². The van der Waals surface area contributed by atoms with Gasteiger partial charge in [-0.25, -0.2) is 9.97 Å². The largest absolute Gasteiger partial charge is 0.497 e. The maximum Gasteiger partial charge on any atom is 0.251 e. The van der Waals surface area contributed by atoms with Gasteiger partial charge >= 0.3 is 0 Å². The zero-order valence-electron chi connectivity index (χ0n) is 18.0. The van der Waals surface area contributed by atoms with Gasteiger partial charge in [0.1, 0.15) is 17.9 Å². The zero-order chi connectivity index (χ0) is 21.6. The molecule has 1 unspecified atom stereocenters. The van der Waals surface area contributed by atoms with Crippen molar-refractivity contribution in [2.24, 2.45) is 0 Å². The number of rotatable bonds is 6. The first-order chi connectivity index (χ1) is 15.1. The van der Waals surface area contributed by atoms with Crippen LogP contribution in [0.3, 0.4) is 0 Å². The number of anilines is 1. The van der Waals surface area contributed by atoms with E-state index in [4.69, 9.17) is 4.74 Å². The van der Waals surface area contributed by atoms with Gasteiger partial charge < -0.3 is 15.0 Å². The van der Waals surface area contributed by atoms with E-state index in [1.54, 1.807) is 13.4 Å². The van der Waals surface area contributed by atoms with Gasteiger partial charge in [-0.2, -0.15) is 0 Å². The Kier molecular flexibility index (Phi) is 6.46. The van der Waals surface area contributed by atoms with E-state index in [2.05, 4.69) is 20.2 Å². The van der Waals surface area contributed by atoms with Crippen molar-refractivity contribution in [3.8, 4) is 17.0 Å². The minimum absolute atomic E-state index is 0.112. The van der Waals surface area contributed by atoms with Crippen molar-refractivity contribution in [2.45, 2.75) is 32.2 Å². The summed E-state index contributed by atoms with van der Waals surface area (Å²) in [5.74, 6) is 1.63. The number of piperidine rings is 1. The highest BCUT2D eigenvalue weighted by atomic mass is 16.5. The minimum Gasteiger partial charge on any atom is -0.497 e. The van der Waals surface area contributed by atoms with Gasteiger partial charge in [0.2, 0.25) is 0 Å².